The molecule has 2 aromatic heterocycles. The van der Waals surface area contributed by atoms with E-state index in [0.717, 1.165) is 66.4 Å². The first-order valence-electron chi connectivity index (χ1n) is 14.5. The van der Waals surface area contributed by atoms with Gasteiger partial charge in [-0.1, -0.05) is 25.0 Å². The second-order valence-corrected chi connectivity index (χ2v) is 15.2. The zero-order chi connectivity index (χ0) is 30.4. The van der Waals surface area contributed by atoms with Crippen molar-refractivity contribution in [3.05, 3.63) is 54.0 Å². The fraction of sp³-hybridized carbons (Fsp3) is 0.484. The molecule has 226 valence electrons. The lowest BCUT2D eigenvalue weighted by Crippen LogP contribution is -2.40. The number of nitrogens with zero attached hydrogens (tertiary/aromatic N) is 4. The highest BCUT2D eigenvalue weighted by atomic mass is 32.2. The Morgan fingerprint density at radius 3 is 2.33 bits per heavy atom. The predicted octanol–water partition coefficient (Wildman–Crippen LogP) is 6.66. The van der Waals surface area contributed by atoms with E-state index in [0.29, 0.717) is 23.7 Å². The van der Waals surface area contributed by atoms with E-state index in [4.69, 9.17) is 4.98 Å². The second kappa shape index (κ2) is 11.3. The van der Waals surface area contributed by atoms with Gasteiger partial charge >= 0.3 is 6.18 Å². The standard InChI is InChI=1S/C31H31F3N4O3S2/c32-31(33,34)26-10-7-21(18-36-26)29-37-27(24-4-2-1-3-23(24)25(39)17-30(19-35)11-12-30)28(42-29)20-5-8-22(9-6-20)38-13-15-43(40,41)16-14-38/h5-10,18,23-24H,1-4,11-17H2/t23-,24-/m1/s1. The number of Topliss-reactive ketones (excluding diaryl/α,β-unsaturated/α-hetero) is 1. The fourth-order valence-electron chi connectivity index (χ4n) is 6.18. The number of rotatable bonds is 7. The summed E-state index contributed by atoms with van der Waals surface area (Å²) >= 11 is 1.37. The van der Waals surface area contributed by atoms with E-state index in [9.17, 15) is 31.6 Å². The maximum absolute atomic E-state index is 13.6. The summed E-state index contributed by atoms with van der Waals surface area (Å²) in [5.74, 6) is -0.111. The van der Waals surface area contributed by atoms with Crippen molar-refractivity contribution in [2.24, 2.45) is 11.3 Å². The van der Waals surface area contributed by atoms with E-state index < -0.39 is 27.1 Å². The molecule has 3 aromatic rings. The van der Waals surface area contributed by atoms with E-state index in [1.165, 1.54) is 23.6 Å². The smallest absolute Gasteiger partial charge is 0.369 e. The van der Waals surface area contributed by atoms with E-state index in [-0.39, 0.29) is 35.5 Å². The first-order valence-corrected chi connectivity index (χ1v) is 17.1. The minimum absolute atomic E-state index is 0.0934. The number of nitriles is 1. The highest BCUT2D eigenvalue weighted by molar-refractivity contribution is 7.91. The number of halogens is 3. The number of anilines is 1. The maximum atomic E-state index is 13.6. The van der Waals surface area contributed by atoms with Crippen LogP contribution in [0.1, 0.15) is 62.3 Å². The summed E-state index contributed by atoms with van der Waals surface area (Å²) in [6.07, 6.45) is 1.72. The lowest BCUT2D eigenvalue weighted by Gasteiger charge is -2.31. The van der Waals surface area contributed by atoms with Gasteiger partial charge < -0.3 is 4.90 Å². The molecule has 2 atom stereocenters. The van der Waals surface area contributed by atoms with Crippen LogP contribution in [0, 0.1) is 22.7 Å². The summed E-state index contributed by atoms with van der Waals surface area (Å²) < 4.78 is 63.3. The Labute approximate surface area is 252 Å². The van der Waals surface area contributed by atoms with Crippen LogP contribution < -0.4 is 4.90 Å². The number of pyridine rings is 1. The highest BCUT2D eigenvalue weighted by Crippen LogP contribution is 2.51. The largest absolute Gasteiger partial charge is 0.433 e. The Hall–Kier alpha value is -3.30. The monoisotopic (exact) mass is 628 g/mol. The molecule has 3 aliphatic rings. The van der Waals surface area contributed by atoms with Gasteiger partial charge in [-0.3, -0.25) is 9.78 Å². The fourth-order valence-corrected chi connectivity index (χ4v) is 8.52. The predicted molar refractivity (Wildman–Crippen MR) is 158 cm³/mol. The summed E-state index contributed by atoms with van der Waals surface area (Å²) in [7, 11) is -3.01. The Balaban J connectivity index is 1.35. The third kappa shape index (κ3) is 6.34. The zero-order valence-corrected chi connectivity index (χ0v) is 25.1. The Morgan fingerprint density at radius 2 is 1.72 bits per heavy atom. The van der Waals surface area contributed by atoms with E-state index in [1.807, 2.05) is 29.2 Å². The molecule has 0 radical (unpaired) electrons. The molecule has 0 bridgehead atoms. The average molecular weight is 629 g/mol. The summed E-state index contributed by atoms with van der Waals surface area (Å²) in [4.78, 5) is 25.1. The van der Waals surface area contributed by atoms with Crippen LogP contribution in [0.5, 0.6) is 0 Å². The third-order valence-electron chi connectivity index (χ3n) is 8.93. The first-order chi connectivity index (χ1) is 20.5. The molecule has 3 heterocycles. The van der Waals surface area contributed by atoms with Gasteiger partial charge in [0.1, 0.15) is 16.5 Å². The Kier molecular flexibility index (Phi) is 7.84. The van der Waals surface area contributed by atoms with Gasteiger partial charge in [-0.05, 0) is 55.5 Å². The van der Waals surface area contributed by atoms with Gasteiger partial charge in [0, 0.05) is 48.8 Å². The molecule has 12 heteroatoms. The van der Waals surface area contributed by atoms with Crippen molar-refractivity contribution < 1.29 is 26.4 Å². The van der Waals surface area contributed by atoms with Crippen molar-refractivity contribution >= 4 is 32.6 Å². The van der Waals surface area contributed by atoms with Gasteiger partial charge in [0.2, 0.25) is 0 Å². The molecule has 0 amide bonds. The van der Waals surface area contributed by atoms with Crippen LogP contribution in [-0.4, -0.2) is 48.8 Å². The molecule has 0 unspecified atom stereocenters. The lowest BCUT2D eigenvalue weighted by molar-refractivity contribution is -0.141. The van der Waals surface area contributed by atoms with Gasteiger partial charge in [-0.15, -0.1) is 11.3 Å². The number of ketones is 1. The molecule has 0 spiro atoms. The number of hydrogen-bond acceptors (Lipinski definition) is 8. The van der Waals surface area contributed by atoms with Crippen molar-refractivity contribution in [3.63, 3.8) is 0 Å². The number of carbonyl (C=O) groups is 1. The number of thiazole rings is 1. The van der Waals surface area contributed by atoms with Crippen molar-refractivity contribution in [1.82, 2.24) is 9.97 Å². The summed E-state index contributed by atoms with van der Waals surface area (Å²) in [6.45, 7) is 0.850. The van der Waals surface area contributed by atoms with E-state index in [1.54, 1.807) is 0 Å². The normalized spacial score (nSPS) is 23.0. The molecule has 2 aliphatic carbocycles. The first kappa shape index (κ1) is 29.8. The topological polar surface area (TPSA) is 104 Å². The van der Waals surface area contributed by atoms with Crippen LogP contribution in [0.4, 0.5) is 18.9 Å². The van der Waals surface area contributed by atoms with Crippen LogP contribution in [0.2, 0.25) is 0 Å². The molecule has 0 N–H and O–H groups in total. The minimum atomic E-state index is -4.55. The summed E-state index contributed by atoms with van der Waals surface area (Å²) in [6, 6.07) is 12.5. The summed E-state index contributed by atoms with van der Waals surface area (Å²) in [5.41, 5.74) is 1.50. The number of alkyl halides is 3. The third-order valence-corrected chi connectivity index (χ3v) is 11.7. The maximum Gasteiger partial charge on any atom is 0.433 e. The SMILES string of the molecule is N#CC1(CC(=O)[C@@H]2CCCC[C@H]2c2nc(-c3ccc(C(F)(F)F)nc3)sc2-c2ccc(N3CCS(=O)(=O)CC3)cc2)CC1. The van der Waals surface area contributed by atoms with Crippen molar-refractivity contribution in [3.8, 4) is 27.1 Å². The zero-order valence-electron chi connectivity index (χ0n) is 23.4. The van der Waals surface area contributed by atoms with Gasteiger partial charge in [0.15, 0.2) is 9.84 Å². The van der Waals surface area contributed by atoms with Gasteiger partial charge in [-0.25, -0.2) is 13.4 Å². The lowest BCUT2D eigenvalue weighted by atomic mass is 9.73. The van der Waals surface area contributed by atoms with Crippen molar-refractivity contribution in [2.75, 3.05) is 29.5 Å². The van der Waals surface area contributed by atoms with Crippen molar-refractivity contribution in [1.29, 1.82) is 5.26 Å². The number of hydrogen-bond donors (Lipinski definition) is 0. The molecule has 7 nitrogen and oxygen atoms in total. The molecule has 1 aromatic carbocycles. The molecular formula is C31H31F3N4O3S2. The number of benzene rings is 1. The van der Waals surface area contributed by atoms with Crippen molar-refractivity contribution in [2.45, 2.75) is 57.0 Å². The van der Waals surface area contributed by atoms with Crippen LogP contribution in [-0.2, 0) is 20.8 Å². The van der Waals surface area contributed by atoms with E-state index >= 15 is 0 Å². The van der Waals surface area contributed by atoms with Gasteiger partial charge in [-0.2, -0.15) is 18.4 Å². The molecule has 43 heavy (non-hydrogen) atoms. The van der Waals surface area contributed by atoms with Crippen LogP contribution in [0.25, 0.3) is 21.0 Å². The molecule has 6 rings (SSSR count). The molecule has 1 saturated heterocycles. The minimum Gasteiger partial charge on any atom is -0.369 e. The summed E-state index contributed by atoms with van der Waals surface area (Å²) in [5, 5.41) is 10.1. The quantitative estimate of drug-likeness (QED) is 0.288. The second-order valence-electron chi connectivity index (χ2n) is 11.9. The molecule has 1 aliphatic heterocycles. The average Bonchev–Trinajstić information content (AvgIpc) is 3.63. The number of sulfone groups is 1. The molecule has 3 fully saturated rings. The highest BCUT2D eigenvalue weighted by Gasteiger charge is 2.47. The van der Waals surface area contributed by atoms with Crippen LogP contribution in [0.15, 0.2) is 42.6 Å². The molecule has 2 saturated carbocycles. The van der Waals surface area contributed by atoms with Crippen LogP contribution >= 0.6 is 11.3 Å². The van der Waals surface area contributed by atoms with Gasteiger partial charge in [0.05, 0.1) is 33.6 Å². The van der Waals surface area contributed by atoms with Gasteiger partial charge in [0.25, 0.3) is 0 Å². The Bertz CT molecular complexity index is 1640. The number of aromatic nitrogens is 2. The molecular weight excluding hydrogens is 597 g/mol. The van der Waals surface area contributed by atoms with Crippen LogP contribution in [0.3, 0.4) is 0 Å². The number of carbonyl (C=O) groups excluding carboxylic acids is 1. The van der Waals surface area contributed by atoms with E-state index in [2.05, 4.69) is 11.1 Å². The Morgan fingerprint density at radius 1 is 1.05 bits per heavy atom.